The molecule has 0 saturated heterocycles. The molecule has 2 nitrogen and oxygen atoms in total. The highest BCUT2D eigenvalue weighted by Crippen LogP contribution is 2.58. The van der Waals surface area contributed by atoms with Crippen LogP contribution in [0.15, 0.2) is 18.5 Å². The van der Waals surface area contributed by atoms with Crippen LogP contribution in [0.3, 0.4) is 0 Å². The Bertz CT molecular complexity index is 277. The molecule has 1 heterocycles. The van der Waals surface area contributed by atoms with E-state index in [2.05, 4.69) is 16.0 Å². The second kappa shape index (κ2) is 2.60. The SMILES string of the molecule is c1cnn(CC2CC3(CCC3)C2)c1. The van der Waals surface area contributed by atoms with E-state index in [1.807, 2.05) is 12.3 Å². The molecule has 0 amide bonds. The van der Waals surface area contributed by atoms with Crippen molar-refractivity contribution in [2.75, 3.05) is 0 Å². The highest BCUT2D eigenvalue weighted by atomic mass is 15.3. The van der Waals surface area contributed by atoms with E-state index < -0.39 is 0 Å². The van der Waals surface area contributed by atoms with Crippen molar-refractivity contribution in [3.63, 3.8) is 0 Å². The number of hydrogen-bond donors (Lipinski definition) is 0. The van der Waals surface area contributed by atoms with Crippen molar-refractivity contribution < 1.29 is 0 Å². The summed E-state index contributed by atoms with van der Waals surface area (Å²) in [6.45, 7) is 1.15. The maximum absolute atomic E-state index is 4.25. The second-order valence-electron chi connectivity index (χ2n) is 4.86. The van der Waals surface area contributed by atoms with Gasteiger partial charge < -0.3 is 0 Å². The van der Waals surface area contributed by atoms with Crippen LogP contribution in [0, 0.1) is 11.3 Å². The Morgan fingerprint density at radius 1 is 1.38 bits per heavy atom. The third kappa shape index (κ3) is 1.19. The van der Waals surface area contributed by atoms with Crippen molar-refractivity contribution in [2.45, 2.75) is 38.6 Å². The maximum Gasteiger partial charge on any atom is 0.0489 e. The van der Waals surface area contributed by atoms with Crippen molar-refractivity contribution in [3.8, 4) is 0 Å². The molecule has 0 aromatic carbocycles. The molecule has 0 radical (unpaired) electrons. The lowest BCUT2D eigenvalue weighted by molar-refractivity contribution is -0.0323. The standard InChI is InChI=1S/C11H16N2/c1-3-11(4-1)7-10(8-11)9-13-6-2-5-12-13/h2,5-6,10H,1,3-4,7-9H2. The molecule has 2 aliphatic rings. The average molecular weight is 176 g/mol. The molecule has 3 rings (SSSR count). The molecular weight excluding hydrogens is 160 g/mol. The zero-order valence-corrected chi connectivity index (χ0v) is 7.95. The summed E-state index contributed by atoms with van der Waals surface area (Å²) >= 11 is 0. The van der Waals surface area contributed by atoms with Crippen LogP contribution in [0.5, 0.6) is 0 Å². The predicted molar refractivity (Wildman–Crippen MR) is 51.2 cm³/mol. The molecule has 1 aromatic heterocycles. The monoisotopic (exact) mass is 176 g/mol. The smallest absolute Gasteiger partial charge is 0.0489 e. The fraction of sp³-hybridized carbons (Fsp3) is 0.727. The van der Waals surface area contributed by atoms with Crippen molar-refractivity contribution >= 4 is 0 Å². The normalized spacial score (nSPS) is 25.5. The molecule has 1 spiro atoms. The molecule has 0 unspecified atom stereocenters. The lowest BCUT2D eigenvalue weighted by Gasteiger charge is -2.54. The van der Waals surface area contributed by atoms with Crippen molar-refractivity contribution in [1.29, 1.82) is 0 Å². The molecule has 0 atom stereocenters. The summed E-state index contributed by atoms with van der Waals surface area (Å²) < 4.78 is 2.08. The molecule has 13 heavy (non-hydrogen) atoms. The maximum atomic E-state index is 4.25. The Labute approximate surface area is 78.9 Å². The molecular formula is C11H16N2. The summed E-state index contributed by atoms with van der Waals surface area (Å²) in [4.78, 5) is 0. The zero-order valence-electron chi connectivity index (χ0n) is 7.95. The summed E-state index contributed by atoms with van der Waals surface area (Å²) in [6.07, 6.45) is 11.4. The van der Waals surface area contributed by atoms with Crippen LogP contribution < -0.4 is 0 Å². The molecule has 1 aromatic rings. The van der Waals surface area contributed by atoms with Gasteiger partial charge in [-0.15, -0.1) is 0 Å². The van der Waals surface area contributed by atoms with Gasteiger partial charge in [-0.1, -0.05) is 6.42 Å². The minimum Gasteiger partial charge on any atom is -0.272 e. The highest BCUT2D eigenvalue weighted by Gasteiger charge is 2.47. The van der Waals surface area contributed by atoms with Crippen LogP contribution in [0.1, 0.15) is 32.1 Å². The minimum atomic E-state index is 0.817. The summed E-state index contributed by atoms with van der Waals surface area (Å²) in [5.41, 5.74) is 0.817. The van der Waals surface area contributed by atoms with Gasteiger partial charge in [0.25, 0.3) is 0 Å². The van der Waals surface area contributed by atoms with E-state index in [4.69, 9.17) is 0 Å². The molecule has 70 valence electrons. The van der Waals surface area contributed by atoms with Gasteiger partial charge in [0.2, 0.25) is 0 Å². The van der Waals surface area contributed by atoms with E-state index in [1.54, 1.807) is 0 Å². The first kappa shape index (κ1) is 7.60. The predicted octanol–water partition coefficient (Wildman–Crippen LogP) is 2.46. The Kier molecular flexibility index (Phi) is 1.52. The van der Waals surface area contributed by atoms with Gasteiger partial charge in [-0.05, 0) is 43.1 Å². The topological polar surface area (TPSA) is 17.8 Å². The van der Waals surface area contributed by atoms with E-state index in [1.165, 1.54) is 32.1 Å². The van der Waals surface area contributed by atoms with Crippen molar-refractivity contribution in [1.82, 2.24) is 9.78 Å². The first-order valence-corrected chi connectivity index (χ1v) is 5.34. The fourth-order valence-corrected chi connectivity index (χ4v) is 3.05. The van der Waals surface area contributed by atoms with Crippen LogP contribution in [-0.4, -0.2) is 9.78 Å². The van der Waals surface area contributed by atoms with Crippen LogP contribution >= 0.6 is 0 Å². The summed E-state index contributed by atoms with van der Waals surface area (Å²) in [6, 6.07) is 2.01. The quantitative estimate of drug-likeness (QED) is 0.677. The molecule has 0 N–H and O–H groups in total. The van der Waals surface area contributed by atoms with Crippen LogP contribution in [0.4, 0.5) is 0 Å². The van der Waals surface area contributed by atoms with Gasteiger partial charge in [0.1, 0.15) is 0 Å². The Morgan fingerprint density at radius 2 is 2.23 bits per heavy atom. The van der Waals surface area contributed by atoms with E-state index in [9.17, 15) is 0 Å². The van der Waals surface area contributed by atoms with Gasteiger partial charge in [-0.3, -0.25) is 4.68 Å². The van der Waals surface area contributed by atoms with Crippen molar-refractivity contribution in [3.05, 3.63) is 18.5 Å². The third-order valence-electron chi connectivity index (χ3n) is 3.86. The highest BCUT2D eigenvalue weighted by molar-refractivity contribution is 4.99. The molecule has 0 aliphatic heterocycles. The van der Waals surface area contributed by atoms with E-state index in [0.29, 0.717) is 0 Å². The van der Waals surface area contributed by atoms with Gasteiger partial charge in [0, 0.05) is 18.9 Å². The summed E-state index contributed by atoms with van der Waals surface area (Å²) in [5, 5.41) is 4.25. The number of hydrogen-bond acceptors (Lipinski definition) is 1. The zero-order chi connectivity index (χ0) is 8.73. The first-order valence-electron chi connectivity index (χ1n) is 5.34. The minimum absolute atomic E-state index is 0.817. The number of aromatic nitrogens is 2. The van der Waals surface area contributed by atoms with Gasteiger partial charge >= 0.3 is 0 Å². The largest absolute Gasteiger partial charge is 0.272 e. The van der Waals surface area contributed by atoms with Crippen LogP contribution in [0.25, 0.3) is 0 Å². The fourth-order valence-electron chi connectivity index (χ4n) is 3.05. The molecule has 2 heteroatoms. The van der Waals surface area contributed by atoms with E-state index in [0.717, 1.165) is 17.9 Å². The number of rotatable bonds is 2. The third-order valence-corrected chi connectivity index (χ3v) is 3.86. The van der Waals surface area contributed by atoms with E-state index >= 15 is 0 Å². The molecule has 0 bridgehead atoms. The van der Waals surface area contributed by atoms with Gasteiger partial charge in [-0.25, -0.2) is 0 Å². The van der Waals surface area contributed by atoms with Crippen LogP contribution in [-0.2, 0) is 6.54 Å². The number of nitrogens with zero attached hydrogens (tertiary/aromatic N) is 2. The molecule has 2 fully saturated rings. The van der Waals surface area contributed by atoms with Gasteiger partial charge in [0.05, 0.1) is 0 Å². The molecule has 2 saturated carbocycles. The Morgan fingerprint density at radius 3 is 2.77 bits per heavy atom. The van der Waals surface area contributed by atoms with Gasteiger partial charge in [-0.2, -0.15) is 5.10 Å². The average Bonchev–Trinajstić information content (AvgIpc) is 2.43. The Hall–Kier alpha value is -0.790. The Balaban J connectivity index is 1.54. The van der Waals surface area contributed by atoms with Gasteiger partial charge in [0.15, 0.2) is 0 Å². The van der Waals surface area contributed by atoms with Crippen LogP contribution in [0.2, 0.25) is 0 Å². The summed E-state index contributed by atoms with van der Waals surface area (Å²) in [5.74, 6) is 0.917. The van der Waals surface area contributed by atoms with Crippen molar-refractivity contribution in [2.24, 2.45) is 11.3 Å². The first-order chi connectivity index (χ1) is 6.36. The lowest BCUT2D eigenvalue weighted by atomic mass is 9.52. The lowest BCUT2D eigenvalue weighted by Crippen LogP contribution is -2.44. The van der Waals surface area contributed by atoms with E-state index in [-0.39, 0.29) is 0 Å². The molecule has 2 aliphatic carbocycles. The second-order valence-corrected chi connectivity index (χ2v) is 4.86. The summed E-state index contributed by atoms with van der Waals surface area (Å²) in [7, 11) is 0.